The normalized spacial score (nSPS) is 10.6. The molecule has 12 rings (SSSR count). The Bertz CT molecular complexity index is 4880. The highest BCUT2D eigenvalue weighted by Crippen LogP contribution is 2.46. The van der Waals surface area contributed by atoms with Crippen LogP contribution in [-0.2, 0) is 0 Å². The molecule has 362 valence electrons. The molecular weight excluding hydrogens is 985 g/mol. The van der Waals surface area contributed by atoms with Crippen LogP contribution in [0.15, 0.2) is 182 Å². The quantitative estimate of drug-likeness (QED) is 0.145. The first-order valence-electron chi connectivity index (χ1n) is 24.6. The van der Waals surface area contributed by atoms with Crippen molar-refractivity contribution in [3.8, 4) is 97.5 Å². The van der Waals surface area contributed by atoms with Gasteiger partial charge in [-0.05, 0) is 148 Å². The average molecular weight is 1020 g/mol. The molecule has 12 aromatic rings. The van der Waals surface area contributed by atoms with Crippen LogP contribution in [0.5, 0.6) is 0 Å². The number of hydrogen-bond acceptors (Lipinski definition) is 6. The van der Waals surface area contributed by atoms with Gasteiger partial charge in [0, 0.05) is 44.4 Å². The van der Waals surface area contributed by atoms with Crippen LogP contribution in [0.2, 0.25) is 0 Å². The molecule has 12 heteroatoms. The fraction of sp³-hybridized carbons (Fsp3) is 0. The number of aromatic nitrogens is 3. The van der Waals surface area contributed by atoms with Crippen LogP contribution < -0.4 is 0 Å². The van der Waals surface area contributed by atoms with E-state index in [0.717, 1.165) is 65.9 Å². The molecule has 3 aromatic heterocycles. The van der Waals surface area contributed by atoms with E-state index < -0.39 is 0 Å². The average Bonchev–Trinajstić information content (AvgIpc) is 4.05. The Balaban J connectivity index is 1.13. The maximum Gasteiger partial charge on any atom is 0.196 e. The number of nitriles is 5. The first-order valence-corrected chi connectivity index (χ1v) is 24.6. The zero-order valence-corrected chi connectivity index (χ0v) is 41.7. The molecule has 0 saturated heterocycles. The van der Waals surface area contributed by atoms with Crippen molar-refractivity contribution in [3.05, 3.63) is 256 Å². The van der Waals surface area contributed by atoms with Gasteiger partial charge in [0.15, 0.2) is 22.7 Å². The van der Waals surface area contributed by atoms with E-state index in [1.54, 1.807) is 85.1 Å². The van der Waals surface area contributed by atoms with Crippen LogP contribution in [0.1, 0.15) is 27.8 Å². The Kier molecular flexibility index (Phi) is 11.7. The number of fused-ring (bicyclic) bond motifs is 6. The number of rotatable bonds is 7. The van der Waals surface area contributed by atoms with Crippen molar-refractivity contribution in [1.82, 2.24) is 14.1 Å². The van der Waals surface area contributed by atoms with E-state index in [-0.39, 0.29) is 0 Å². The largest absolute Gasteiger partial charge is 0.309 e. The lowest BCUT2D eigenvalue weighted by molar-refractivity contribution is 1.13. The smallest absolute Gasteiger partial charge is 0.196 e. The van der Waals surface area contributed by atoms with Crippen LogP contribution in [0.4, 0.5) is 22.7 Å². The molecule has 9 aromatic carbocycles. The monoisotopic (exact) mass is 1010 g/mol. The number of benzene rings is 9. The first-order chi connectivity index (χ1) is 39.2. The van der Waals surface area contributed by atoms with Crippen molar-refractivity contribution in [3.63, 3.8) is 0 Å². The zero-order valence-electron chi connectivity index (χ0n) is 41.7. The van der Waals surface area contributed by atoms with Gasteiger partial charge in [-0.3, -0.25) is 4.98 Å². The van der Waals surface area contributed by atoms with Gasteiger partial charge in [0.1, 0.15) is 0 Å². The molecule has 0 aliphatic heterocycles. The summed E-state index contributed by atoms with van der Waals surface area (Å²) >= 11 is 0. The third-order valence-electron chi connectivity index (χ3n) is 14.4. The molecule has 0 aliphatic rings. The van der Waals surface area contributed by atoms with Crippen molar-refractivity contribution in [2.75, 3.05) is 0 Å². The lowest BCUT2D eigenvalue weighted by Gasteiger charge is -2.19. The molecule has 0 bridgehead atoms. The Morgan fingerprint density at radius 1 is 0.362 bits per heavy atom. The predicted octanol–water partition coefficient (Wildman–Crippen LogP) is 17.2. The van der Waals surface area contributed by atoms with E-state index in [1.807, 2.05) is 97.1 Å². The molecule has 0 radical (unpaired) electrons. The summed E-state index contributed by atoms with van der Waals surface area (Å²) in [5, 5.41) is 54.3. The zero-order chi connectivity index (χ0) is 55.2. The Hall–Kier alpha value is -12.9. The van der Waals surface area contributed by atoms with E-state index in [2.05, 4.69) is 58.9 Å². The van der Waals surface area contributed by atoms with Gasteiger partial charge in [-0.15, -0.1) is 0 Å². The van der Waals surface area contributed by atoms with Crippen molar-refractivity contribution in [1.29, 1.82) is 26.3 Å². The summed E-state index contributed by atoms with van der Waals surface area (Å²) < 4.78 is 4.20. The van der Waals surface area contributed by atoms with Gasteiger partial charge < -0.3 is 9.13 Å². The lowest BCUT2D eigenvalue weighted by atomic mass is 9.96. The van der Waals surface area contributed by atoms with E-state index in [9.17, 15) is 26.3 Å². The summed E-state index contributed by atoms with van der Waals surface area (Å²) in [6.07, 6.45) is 1.69. The van der Waals surface area contributed by atoms with Gasteiger partial charge in [-0.1, -0.05) is 72.8 Å². The molecule has 0 fully saturated rings. The second kappa shape index (κ2) is 19.4. The molecule has 0 saturated carbocycles. The minimum absolute atomic E-state index is 0.322. The van der Waals surface area contributed by atoms with E-state index >= 15 is 0 Å². The predicted molar refractivity (Wildman–Crippen MR) is 309 cm³/mol. The Labute approximate surface area is 457 Å². The van der Waals surface area contributed by atoms with Crippen LogP contribution in [0, 0.1) is 82.9 Å². The molecule has 0 N–H and O–H groups in total. The van der Waals surface area contributed by atoms with Crippen molar-refractivity contribution in [2.24, 2.45) is 0 Å². The highest BCUT2D eigenvalue weighted by Gasteiger charge is 2.25. The van der Waals surface area contributed by atoms with Gasteiger partial charge in [0.05, 0.1) is 112 Å². The molecule has 80 heavy (non-hydrogen) atoms. The first kappa shape index (κ1) is 48.1. The van der Waals surface area contributed by atoms with Crippen LogP contribution in [-0.4, -0.2) is 14.1 Å². The maximum absolute atomic E-state index is 11.2. The van der Waals surface area contributed by atoms with E-state index in [4.69, 9.17) is 31.3 Å². The summed E-state index contributed by atoms with van der Waals surface area (Å²) in [6.45, 7) is 31.3. The van der Waals surface area contributed by atoms with Gasteiger partial charge in [0.25, 0.3) is 0 Å². The molecule has 0 atom stereocenters. The number of nitrogens with zero attached hydrogens (tertiary/aromatic N) is 12. The fourth-order valence-electron chi connectivity index (χ4n) is 10.8. The van der Waals surface area contributed by atoms with Crippen LogP contribution in [0.3, 0.4) is 0 Å². The van der Waals surface area contributed by atoms with E-state index in [0.29, 0.717) is 95.5 Å². The molecule has 12 nitrogen and oxygen atoms in total. The Morgan fingerprint density at radius 3 is 1.31 bits per heavy atom. The minimum Gasteiger partial charge on any atom is -0.309 e. The Morgan fingerprint density at radius 2 is 0.800 bits per heavy atom. The van der Waals surface area contributed by atoms with Crippen molar-refractivity contribution in [2.45, 2.75) is 0 Å². The summed E-state index contributed by atoms with van der Waals surface area (Å²) in [7, 11) is 0. The lowest BCUT2D eigenvalue weighted by Crippen LogP contribution is -2.04. The second-order valence-corrected chi connectivity index (χ2v) is 18.6. The third kappa shape index (κ3) is 7.73. The molecule has 0 amide bonds. The van der Waals surface area contributed by atoms with E-state index in [1.165, 1.54) is 0 Å². The minimum atomic E-state index is 0.322. The van der Waals surface area contributed by atoms with Gasteiger partial charge >= 0.3 is 0 Å². The van der Waals surface area contributed by atoms with Gasteiger partial charge in [0.2, 0.25) is 0 Å². The standard InChI is InChI=1S/C68H30N12/c1-74-49-16-20-52(48(29-49)39-73)43-12-22-61-55(31-43)57-33-45(54-21-17-50(75-2)34-60(54)77-4)14-24-62(57)79(61)65-8-5-7-46(37-71)67(65)68-66(9-6-26-78-68)80-63-23-13-42(51-18-10-40(35-69)27-47(51)38-72)30-56(63)58-32-44(15-25-64(58)80)53-19-11-41(36-70)28-59(53)76-3/h5-34H. The third-order valence-corrected chi connectivity index (χ3v) is 14.4. The molecule has 3 heterocycles. The summed E-state index contributed by atoms with van der Waals surface area (Å²) in [5.74, 6) is 0. The molecule has 0 aliphatic carbocycles. The molecular formula is C68H30N12. The highest BCUT2D eigenvalue weighted by atomic mass is 15.0. The summed E-state index contributed by atoms with van der Waals surface area (Å²) in [6, 6.07) is 64.5. The molecule has 0 spiro atoms. The van der Waals surface area contributed by atoms with Crippen molar-refractivity contribution >= 4 is 66.4 Å². The SMILES string of the molecule is [C-]#[N+]c1ccc(-c2ccc3c(c2)c2cc(-c4ccc([N+]#[C-])cc4[N+]#[C-])ccc2n3-c2cccc(C#N)c2-c2ncccc2-n2c3ccc(-c4ccc(C#N)cc4C#N)cc3c3cc(-c4ccc(C#N)cc4[N+]#[C-])ccc32)c(C#N)c1. The van der Waals surface area contributed by atoms with Crippen LogP contribution in [0.25, 0.3) is 130 Å². The highest BCUT2D eigenvalue weighted by molar-refractivity contribution is 6.14. The van der Waals surface area contributed by atoms with Crippen molar-refractivity contribution < 1.29 is 0 Å². The van der Waals surface area contributed by atoms with Gasteiger partial charge in [-0.25, -0.2) is 19.4 Å². The number of hydrogen-bond donors (Lipinski definition) is 0. The van der Waals surface area contributed by atoms with Gasteiger partial charge in [-0.2, -0.15) is 26.3 Å². The summed E-state index contributed by atoms with van der Waals surface area (Å²) in [5.41, 5.74) is 14.0. The maximum atomic E-state index is 11.2. The fourth-order valence-corrected chi connectivity index (χ4v) is 10.8. The second-order valence-electron chi connectivity index (χ2n) is 18.6. The summed E-state index contributed by atoms with van der Waals surface area (Å²) in [4.78, 5) is 19.8. The topological polar surface area (TPSA) is 159 Å². The van der Waals surface area contributed by atoms with Crippen LogP contribution >= 0.6 is 0 Å². The number of pyridine rings is 1. The molecule has 0 unspecified atom stereocenters.